The molecule has 4 nitrogen and oxygen atoms in total. The highest BCUT2D eigenvalue weighted by Crippen LogP contribution is 2.24. The predicted octanol–water partition coefficient (Wildman–Crippen LogP) is 2.90. The minimum atomic E-state index is -0.836. The number of hydrogen-bond donors (Lipinski definition) is 2. The molecule has 0 aromatic heterocycles. The number of rotatable bonds is 6. The van der Waals surface area contributed by atoms with Crippen molar-refractivity contribution in [3.8, 4) is 0 Å². The number of carboxylic acids is 1. The summed E-state index contributed by atoms with van der Waals surface area (Å²) in [6.07, 6.45) is 0.0321. The van der Waals surface area contributed by atoms with Gasteiger partial charge in [-0.05, 0) is 25.1 Å². The third kappa shape index (κ3) is 4.33. The number of benzene rings is 1. The van der Waals surface area contributed by atoms with Crippen molar-refractivity contribution in [1.82, 2.24) is 5.32 Å². The Balaban J connectivity index is 3.06. The van der Waals surface area contributed by atoms with Gasteiger partial charge in [0, 0.05) is 29.4 Å². The zero-order chi connectivity index (χ0) is 14.4. The van der Waals surface area contributed by atoms with Crippen LogP contribution >= 0.6 is 11.6 Å². The molecule has 0 fully saturated rings. The van der Waals surface area contributed by atoms with Gasteiger partial charge in [0.1, 0.15) is 0 Å². The molecule has 1 aromatic rings. The molecule has 0 amide bonds. The average Bonchev–Trinajstić information content (AvgIpc) is 2.36. The van der Waals surface area contributed by atoms with E-state index in [1.807, 2.05) is 32.0 Å². The Bertz CT molecular complexity index is 486. The molecule has 0 bridgehead atoms. The van der Waals surface area contributed by atoms with Crippen molar-refractivity contribution >= 4 is 23.3 Å². The second kappa shape index (κ2) is 7.26. The SMILES string of the molecule is CCNC(CC(=O)O)c1ccc(C(C)=NC)c(Cl)c1. The van der Waals surface area contributed by atoms with E-state index in [4.69, 9.17) is 16.7 Å². The molecule has 0 saturated carbocycles. The van der Waals surface area contributed by atoms with Crippen LogP contribution < -0.4 is 5.32 Å². The summed E-state index contributed by atoms with van der Waals surface area (Å²) in [6, 6.07) is 5.35. The summed E-state index contributed by atoms with van der Waals surface area (Å²) in [7, 11) is 1.71. The van der Waals surface area contributed by atoms with E-state index >= 15 is 0 Å². The van der Waals surface area contributed by atoms with Gasteiger partial charge in [-0.1, -0.05) is 30.7 Å². The van der Waals surface area contributed by atoms with Crippen molar-refractivity contribution < 1.29 is 9.90 Å². The summed E-state index contributed by atoms with van der Waals surface area (Å²) in [4.78, 5) is 15.0. The Morgan fingerprint density at radius 1 is 1.53 bits per heavy atom. The number of aliphatic imine (C=N–C) groups is 1. The van der Waals surface area contributed by atoms with Crippen LogP contribution in [0.15, 0.2) is 23.2 Å². The van der Waals surface area contributed by atoms with Gasteiger partial charge in [-0.2, -0.15) is 0 Å². The molecule has 1 atom stereocenters. The fourth-order valence-corrected chi connectivity index (χ4v) is 2.22. The van der Waals surface area contributed by atoms with Crippen LogP contribution in [0.3, 0.4) is 0 Å². The van der Waals surface area contributed by atoms with E-state index in [0.29, 0.717) is 11.6 Å². The van der Waals surface area contributed by atoms with Crippen molar-refractivity contribution in [3.05, 3.63) is 34.3 Å². The first-order valence-corrected chi connectivity index (χ1v) is 6.55. The predicted molar refractivity (Wildman–Crippen MR) is 78.3 cm³/mol. The first kappa shape index (κ1) is 15.7. The van der Waals surface area contributed by atoms with Gasteiger partial charge < -0.3 is 10.4 Å². The standard InChI is InChI=1S/C14H19ClN2O2/c1-4-17-13(8-14(18)19)10-5-6-11(9(2)16-3)12(15)7-10/h5-7,13,17H,4,8H2,1-3H3,(H,18,19). The first-order chi connectivity index (χ1) is 8.99. The van der Waals surface area contributed by atoms with Gasteiger partial charge in [-0.15, -0.1) is 0 Å². The molecule has 19 heavy (non-hydrogen) atoms. The summed E-state index contributed by atoms with van der Waals surface area (Å²) in [5.41, 5.74) is 2.61. The highest BCUT2D eigenvalue weighted by atomic mass is 35.5. The van der Waals surface area contributed by atoms with Crippen LogP contribution in [0.25, 0.3) is 0 Å². The van der Waals surface area contributed by atoms with Crippen molar-refractivity contribution in [1.29, 1.82) is 0 Å². The van der Waals surface area contributed by atoms with Crippen LogP contribution in [0.5, 0.6) is 0 Å². The maximum absolute atomic E-state index is 10.9. The summed E-state index contributed by atoms with van der Waals surface area (Å²) < 4.78 is 0. The molecule has 1 aromatic carbocycles. The molecule has 0 radical (unpaired) electrons. The van der Waals surface area contributed by atoms with E-state index in [-0.39, 0.29) is 12.5 Å². The van der Waals surface area contributed by atoms with Gasteiger partial charge in [-0.3, -0.25) is 9.79 Å². The lowest BCUT2D eigenvalue weighted by Gasteiger charge is -2.17. The Morgan fingerprint density at radius 3 is 2.68 bits per heavy atom. The fraction of sp³-hybridized carbons (Fsp3) is 0.429. The van der Waals surface area contributed by atoms with Gasteiger partial charge in [-0.25, -0.2) is 0 Å². The maximum Gasteiger partial charge on any atom is 0.305 e. The zero-order valence-corrected chi connectivity index (χ0v) is 12.2. The molecule has 0 aliphatic rings. The lowest BCUT2D eigenvalue weighted by atomic mass is 10.0. The molecule has 0 saturated heterocycles. The molecule has 0 heterocycles. The van der Waals surface area contributed by atoms with Crippen LogP contribution in [-0.2, 0) is 4.79 Å². The van der Waals surface area contributed by atoms with Crippen LogP contribution in [0.2, 0.25) is 5.02 Å². The molecule has 0 spiro atoms. The minimum Gasteiger partial charge on any atom is -0.481 e. The van der Waals surface area contributed by atoms with Gasteiger partial charge >= 0.3 is 5.97 Å². The normalized spacial score (nSPS) is 13.4. The third-order valence-corrected chi connectivity index (χ3v) is 3.26. The Morgan fingerprint density at radius 2 is 2.21 bits per heavy atom. The Kier molecular flexibility index (Phi) is 5.99. The third-order valence-electron chi connectivity index (χ3n) is 2.95. The fourth-order valence-electron chi connectivity index (χ4n) is 1.89. The Hall–Kier alpha value is -1.39. The maximum atomic E-state index is 10.9. The largest absolute Gasteiger partial charge is 0.481 e. The van der Waals surface area contributed by atoms with Crippen molar-refractivity contribution in [3.63, 3.8) is 0 Å². The molecule has 0 aliphatic carbocycles. The lowest BCUT2D eigenvalue weighted by molar-refractivity contribution is -0.137. The highest BCUT2D eigenvalue weighted by molar-refractivity contribution is 6.34. The summed E-state index contributed by atoms with van der Waals surface area (Å²) >= 11 is 6.23. The van der Waals surface area contributed by atoms with E-state index in [2.05, 4.69) is 10.3 Å². The summed E-state index contributed by atoms with van der Waals surface area (Å²) in [6.45, 7) is 4.53. The Labute approximate surface area is 118 Å². The second-order valence-electron chi connectivity index (χ2n) is 4.26. The van der Waals surface area contributed by atoms with E-state index < -0.39 is 5.97 Å². The minimum absolute atomic E-state index is 0.0321. The van der Waals surface area contributed by atoms with Gasteiger partial charge in [0.2, 0.25) is 0 Å². The van der Waals surface area contributed by atoms with Crippen molar-refractivity contribution in [2.75, 3.05) is 13.6 Å². The highest BCUT2D eigenvalue weighted by Gasteiger charge is 2.16. The number of nitrogens with one attached hydrogen (secondary N) is 1. The zero-order valence-electron chi connectivity index (χ0n) is 11.4. The molecular weight excluding hydrogens is 264 g/mol. The van der Waals surface area contributed by atoms with Crippen LogP contribution in [-0.4, -0.2) is 30.4 Å². The van der Waals surface area contributed by atoms with Gasteiger partial charge in [0.05, 0.1) is 6.42 Å². The molecule has 1 rings (SSSR count). The first-order valence-electron chi connectivity index (χ1n) is 6.18. The summed E-state index contributed by atoms with van der Waals surface area (Å²) in [5, 5.41) is 12.7. The lowest BCUT2D eigenvalue weighted by Crippen LogP contribution is -2.23. The number of nitrogens with zero attached hydrogens (tertiary/aromatic N) is 1. The van der Waals surface area contributed by atoms with E-state index in [1.54, 1.807) is 7.05 Å². The number of carbonyl (C=O) groups is 1. The number of carboxylic acid groups (broad SMARTS) is 1. The summed E-state index contributed by atoms with van der Waals surface area (Å²) in [5.74, 6) is -0.836. The molecule has 0 aliphatic heterocycles. The monoisotopic (exact) mass is 282 g/mol. The molecule has 5 heteroatoms. The smallest absolute Gasteiger partial charge is 0.305 e. The van der Waals surface area contributed by atoms with Crippen LogP contribution in [0.1, 0.15) is 37.4 Å². The quantitative estimate of drug-likeness (QED) is 0.789. The molecule has 2 N–H and O–H groups in total. The topological polar surface area (TPSA) is 61.7 Å². The average molecular weight is 283 g/mol. The van der Waals surface area contributed by atoms with Crippen LogP contribution in [0.4, 0.5) is 0 Å². The van der Waals surface area contributed by atoms with Crippen molar-refractivity contribution in [2.24, 2.45) is 4.99 Å². The van der Waals surface area contributed by atoms with Gasteiger partial charge in [0.15, 0.2) is 0 Å². The molecule has 1 unspecified atom stereocenters. The van der Waals surface area contributed by atoms with E-state index in [9.17, 15) is 4.79 Å². The van der Waals surface area contributed by atoms with Crippen molar-refractivity contribution in [2.45, 2.75) is 26.3 Å². The van der Waals surface area contributed by atoms with E-state index in [1.165, 1.54) is 0 Å². The molecular formula is C14H19ClN2O2. The number of hydrogen-bond acceptors (Lipinski definition) is 3. The van der Waals surface area contributed by atoms with E-state index in [0.717, 1.165) is 16.8 Å². The second-order valence-corrected chi connectivity index (χ2v) is 4.66. The molecule has 104 valence electrons. The van der Waals surface area contributed by atoms with Crippen LogP contribution in [0, 0.1) is 0 Å². The number of aliphatic carboxylic acids is 1. The van der Waals surface area contributed by atoms with Gasteiger partial charge in [0.25, 0.3) is 0 Å². The number of halogens is 1.